The molecule has 2 unspecified atom stereocenters. The van der Waals surface area contributed by atoms with Crippen LogP contribution in [0.15, 0.2) is 12.2 Å². The molecule has 0 bridgehead atoms. The summed E-state index contributed by atoms with van der Waals surface area (Å²) in [4.78, 5) is 0. The lowest BCUT2D eigenvalue weighted by atomic mass is 10.0. The van der Waals surface area contributed by atoms with Crippen molar-refractivity contribution in [3.05, 3.63) is 12.2 Å². The van der Waals surface area contributed by atoms with Gasteiger partial charge in [0.2, 0.25) is 0 Å². The predicted octanol–water partition coefficient (Wildman–Crippen LogP) is 0.962. The minimum atomic E-state index is 0.290. The Morgan fingerprint density at radius 2 is 2.12 bits per heavy atom. The van der Waals surface area contributed by atoms with Gasteiger partial charge in [-0.2, -0.15) is 12.6 Å². The van der Waals surface area contributed by atoms with E-state index in [-0.39, 0.29) is 0 Å². The summed E-state index contributed by atoms with van der Waals surface area (Å²) in [7, 11) is 0. The molecule has 0 aromatic heterocycles. The maximum atomic E-state index is 5.58. The van der Waals surface area contributed by atoms with Crippen LogP contribution in [0.3, 0.4) is 0 Å². The van der Waals surface area contributed by atoms with Gasteiger partial charge in [0.05, 0.1) is 0 Å². The Bertz CT molecular complexity index is 88.7. The third-order valence-electron chi connectivity index (χ3n) is 1.38. The van der Waals surface area contributed by atoms with Crippen molar-refractivity contribution in [2.75, 3.05) is 0 Å². The van der Waals surface area contributed by atoms with Gasteiger partial charge in [-0.15, -0.1) is 0 Å². The van der Waals surface area contributed by atoms with E-state index >= 15 is 0 Å². The SMILES string of the molecule is NC1C=CC(S)CC1. The Labute approximate surface area is 55.4 Å². The standard InChI is InChI=1S/C6H11NS/c7-5-1-3-6(8)4-2-5/h1,3,5-6,8H,2,4,7H2. The Hall–Kier alpha value is 0.0500. The fraction of sp³-hybridized carbons (Fsp3) is 0.667. The summed E-state index contributed by atoms with van der Waals surface area (Å²) >= 11 is 4.26. The van der Waals surface area contributed by atoms with E-state index in [1.807, 2.05) is 6.08 Å². The lowest BCUT2D eigenvalue weighted by Crippen LogP contribution is -2.21. The van der Waals surface area contributed by atoms with Gasteiger partial charge in [0.1, 0.15) is 0 Å². The molecule has 8 heavy (non-hydrogen) atoms. The Balaban J connectivity index is 2.42. The van der Waals surface area contributed by atoms with E-state index in [9.17, 15) is 0 Å². The fourth-order valence-corrected chi connectivity index (χ4v) is 1.08. The molecular weight excluding hydrogens is 118 g/mol. The first-order valence-electron chi connectivity index (χ1n) is 2.91. The van der Waals surface area contributed by atoms with Crippen LogP contribution >= 0.6 is 12.6 Å². The second-order valence-corrected chi connectivity index (χ2v) is 2.86. The summed E-state index contributed by atoms with van der Waals surface area (Å²) in [5.74, 6) is 0. The molecule has 1 rings (SSSR count). The average molecular weight is 129 g/mol. The van der Waals surface area contributed by atoms with E-state index in [1.165, 1.54) is 0 Å². The Morgan fingerprint density at radius 1 is 1.38 bits per heavy atom. The molecule has 0 aromatic carbocycles. The van der Waals surface area contributed by atoms with Crippen molar-refractivity contribution >= 4 is 12.6 Å². The zero-order valence-corrected chi connectivity index (χ0v) is 5.64. The quantitative estimate of drug-likeness (QED) is 0.370. The first kappa shape index (κ1) is 6.17. The van der Waals surface area contributed by atoms with Crippen LogP contribution < -0.4 is 5.73 Å². The van der Waals surface area contributed by atoms with Gasteiger partial charge in [-0.1, -0.05) is 12.2 Å². The summed E-state index contributed by atoms with van der Waals surface area (Å²) in [6.45, 7) is 0. The van der Waals surface area contributed by atoms with Crippen molar-refractivity contribution in [3.63, 3.8) is 0 Å². The van der Waals surface area contributed by atoms with E-state index < -0.39 is 0 Å². The molecule has 0 saturated heterocycles. The van der Waals surface area contributed by atoms with Gasteiger partial charge in [0.25, 0.3) is 0 Å². The highest BCUT2D eigenvalue weighted by atomic mass is 32.1. The van der Waals surface area contributed by atoms with Crippen LogP contribution in [0.25, 0.3) is 0 Å². The second-order valence-electron chi connectivity index (χ2n) is 2.19. The predicted molar refractivity (Wildman–Crippen MR) is 39.1 cm³/mol. The highest BCUT2D eigenvalue weighted by Crippen LogP contribution is 2.13. The normalized spacial score (nSPS) is 37.8. The van der Waals surface area contributed by atoms with Crippen molar-refractivity contribution in [1.82, 2.24) is 0 Å². The molecule has 1 nitrogen and oxygen atoms in total. The largest absolute Gasteiger partial charge is 0.324 e. The van der Waals surface area contributed by atoms with E-state index in [0.29, 0.717) is 11.3 Å². The monoisotopic (exact) mass is 129 g/mol. The molecule has 0 aromatic rings. The molecule has 0 radical (unpaired) electrons. The number of hydrogen-bond donors (Lipinski definition) is 2. The summed E-state index contributed by atoms with van der Waals surface area (Å²) in [6.07, 6.45) is 6.31. The lowest BCUT2D eigenvalue weighted by molar-refractivity contribution is 0.654. The maximum Gasteiger partial charge on any atom is 0.0224 e. The topological polar surface area (TPSA) is 26.0 Å². The fourth-order valence-electron chi connectivity index (χ4n) is 0.827. The summed E-state index contributed by atoms with van der Waals surface area (Å²) in [5.41, 5.74) is 5.58. The van der Waals surface area contributed by atoms with Gasteiger partial charge in [-0.3, -0.25) is 0 Å². The molecule has 0 saturated carbocycles. The minimum Gasteiger partial charge on any atom is -0.324 e. The molecule has 46 valence electrons. The van der Waals surface area contributed by atoms with E-state index in [4.69, 9.17) is 5.73 Å². The number of rotatable bonds is 0. The first-order valence-corrected chi connectivity index (χ1v) is 3.42. The summed E-state index contributed by atoms with van der Waals surface area (Å²) in [5, 5.41) is 0.454. The van der Waals surface area contributed by atoms with E-state index in [2.05, 4.69) is 18.7 Å². The molecule has 2 atom stereocenters. The molecular formula is C6H11NS. The van der Waals surface area contributed by atoms with Gasteiger partial charge >= 0.3 is 0 Å². The molecule has 0 fully saturated rings. The van der Waals surface area contributed by atoms with Gasteiger partial charge < -0.3 is 5.73 Å². The molecule has 2 N–H and O–H groups in total. The van der Waals surface area contributed by atoms with Gasteiger partial charge in [-0.05, 0) is 12.8 Å². The summed E-state index contributed by atoms with van der Waals surface area (Å²) in [6, 6.07) is 0.290. The molecule has 0 amide bonds. The van der Waals surface area contributed by atoms with Gasteiger partial charge in [0.15, 0.2) is 0 Å². The van der Waals surface area contributed by atoms with Crippen molar-refractivity contribution in [2.24, 2.45) is 5.73 Å². The van der Waals surface area contributed by atoms with Crippen LogP contribution in [-0.4, -0.2) is 11.3 Å². The van der Waals surface area contributed by atoms with Crippen molar-refractivity contribution < 1.29 is 0 Å². The van der Waals surface area contributed by atoms with E-state index in [0.717, 1.165) is 12.8 Å². The molecule has 0 spiro atoms. The Kier molecular flexibility index (Phi) is 1.97. The number of hydrogen-bond acceptors (Lipinski definition) is 2. The molecule has 1 aliphatic carbocycles. The van der Waals surface area contributed by atoms with Crippen LogP contribution in [0.1, 0.15) is 12.8 Å². The third kappa shape index (κ3) is 1.53. The van der Waals surface area contributed by atoms with Crippen molar-refractivity contribution in [2.45, 2.75) is 24.1 Å². The lowest BCUT2D eigenvalue weighted by Gasteiger charge is -2.14. The Morgan fingerprint density at radius 3 is 2.50 bits per heavy atom. The molecule has 1 aliphatic rings. The zero-order valence-electron chi connectivity index (χ0n) is 4.75. The zero-order chi connectivity index (χ0) is 5.98. The van der Waals surface area contributed by atoms with Crippen molar-refractivity contribution in [1.29, 1.82) is 0 Å². The van der Waals surface area contributed by atoms with Crippen molar-refractivity contribution in [3.8, 4) is 0 Å². The van der Waals surface area contributed by atoms with Gasteiger partial charge in [-0.25, -0.2) is 0 Å². The number of nitrogens with two attached hydrogens (primary N) is 1. The van der Waals surface area contributed by atoms with Crippen LogP contribution in [0.4, 0.5) is 0 Å². The first-order chi connectivity index (χ1) is 3.79. The highest BCUT2D eigenvalue weighted by Gasteiger charge is 2.07. The molecule has 0 aliphatic heterocycles. The van der Waals surface area contributed by atoms with Crippen LogP contribution in [0.2, 0.25) is 0 Å². The summed E-state index contributed by atoms with van der Waals surface area (Å²) < 4.78 is 0. The van der Waals surface area contributed by atoms with Crippen LogP contribution in [0, 0.1) is 0 Å². The van der Waals surface area contributed by atoms with Crippen LogP contribution in [0.5, 0.6) is 0 Å². The average Bonchev–Trinajstić information content (AvgIpc) is 1.77. The second kappa shape index (κ2) is 2.55. The molecule has 2 heteroatoms. The van der Waals surface area contributed by atoms with E-state index in [1.54, 1.807) is 0 Å². The minimum absolute atomic E-state index is 0.290. The van der Waals surface area contributed by atoms with Crippen LogP contribution in [-0.2, 0) is 0 Å². The number of thiol groups is 1. The van der Waals surface area contributed by atoms with Gasteiger partial charge in [0, 0.05) is 11.3 Å². The maximum absolute atomic E-state index is 5.58. The highest BCUT2D eigenvalue weighted by molar-refractivity contribution is 7.81. The smallest absolute Gasteiger partial charge is 0.0224 e. The molecule has 0 heterocycles. The third-order valence-corrected chi connectivity index (χ3v) is 1.81.